The molecule has 74 valence electrons. The molecule has 1 aromatic carbocycles. The molecule has 0 aliphatic carbocycles. The van der Waals surface area contributed by atoms with Gasteiger partial charge in [0.05, 0.1) is 11.7 Å². The lowest BCUT2D eigenvalue weighted by Gasteiger charge is -2.11. The van der Waals surface area contributed by atoms with Gasteiger partial charge in [0.1, 0.15) is 6.07 Å². The Morgan fingerprint density at radius 2 is 2.00 bits per heavy atom. The van der Waals surface area contributed by atoms with Crippen LogP contribution in [0.25, 0.3) is 0 Å². The van der Waals surface area contributed by atoms with Crippen molar-refractivity contribution in [1.29, 1.82) is 5.26 Å². The molecular weight excluding hydrogens is 188 g/mol. The summed E-state index contributed by atoms with van der Waals surface area (Å²) in [6.07, 6.45) is -0.307. The van der Waals surface area contributed by atoms with Crippen molar-refractivity contribution in [2.45, 2.75) is 20.0 Å². The van der Waals surface area contributed by atoms with Crippen LogP contribution in [0.1, 0.15) is 19.4 Å². The van der Waals surface area contributed by atoms with E-state index >= 15 is 0 Å². The Morgan fingerprint density at radius 1 is 1.36 bits per heavy atom. The van der Waals surface area contributed by atoms with Crippen LogP contribution in [0.2, 0.25) is 0 Å². The molecule has 2 nitrogen and oxygen atoms in total. The van der Waals surface area contributed by atoms with Crippen LogP contribution < -0.4 is 4.74 Å². The molecule has 4 heteroatoms. The average molecular weight is 197 g/mol. The van der Waals surface area contributed by atoms with Crippen molar-refractivity contribution >= 4 is 0 Å². The van der Waals surface area contributed by atoms with Gasteiger partial charge < -0.3 is 4.74 Å². The number of hydrogen-bond donors (Lipinski definition) is 0. The Hall–Kier alpha value is -1.63. The Labute approximate surface area is 80.7 Å². The van der Waals surface area contributed by atoms with Gasteiger partial charge >= 0.3 is 0 Å². The summed E-state index contributed by atoms with van der Waals surface area (Å²) in [4.78, 5) is 0. The normalized spacial score (nSPS) is 10.0. The Bertz CT molecular complexity index is 382. The third-order valence-electron chi connectivity index (χ3n) is 1.52. The highest BCUT2D eigenvalue weighted by atomic mass is 19.2. The van der Waals surface area contributed by atoms with E-state index in [0.29, 0.717) is 0 Å². The van der Waals surface area contributed by atoms with Crippen LogP contribution in [-0.2, 0) is 0 Å². The lowest BCUT2D eigenvalue weighted by atomic mass is 10.2. The molecule has 0 saturated heterocycles. The van der Waals surface area contributed by atoms with E-state index < -0.39 is 11.6 Å². The van der Waals surface area contributed by atoms with Crippen molar-refractivity contribution in [3.05, 3.63) is 29.3 Å². The average Bonchev–Trinajstić information content (AvgIpc) is 2.13. The molecule has 14 heavy (non-hydrogen) atoms. The second kappa shape index (κ2) is 4.05. The fourth-order valence-electron chi connectivity index (χ4n) is 0.971. The molecule has 1 aromatic rings. The largest absolute Gasteiger partial charge is 0.486 e. The molecule has 0 aliphatic rings. The number of rotatable bonds is 2. The number of ether oxygens (including phenoxy) is 1. The predicted octanol–water partition coefficient (Wildman–Crippen LogP) is 2.62. The monoisotopic (exact) mass is 197 g/mol. The first kappa shape index (κ1) is 10.5. The van der Waals surface area contributed by atoms with Gasteiger partial charge in [0.15, 0.2) is 11.6 Å². The third-order valence-corrected chi connectivity index (χ3v) is 1.52. The molecule has 0 amide bonds. The van der Waals surface area contributed by atoms with Crippen LogP contribution in [0.5, 0.6) is 5.75 Å². The zero-order valence-electron chi connectivity index (χ0n) is 7.84. The standard InChI is InChI=1S/C10H9F2NO/c1-6(2)14-10-7(5-13)3-4-8(11)9(10)12/h3-4,6H,1-2H3. The number of halogens is 2. The Balaban J connectivity index is 3.23. The minimum atomic E-state index is -1.11. The van der Waals surface area contributed by atoms with Crippen molar-refractivity contribution in [2.75, 3.05) is 0 Å². The number of nitriles is 1. The molecule has 0 aromatic heterocycles. The highest BCUT2D eigenvalue weighted by molar-refractivity contribution is 5.44. The quantitative estimate of drug-likeness (QED) is 0.730. The number of benzene rings is 1. The molecule has 0 saturated carbocycles. The molecule has 0 N–H and O–H groups in total. The first-order valence-electron chi connectivity index (χ1n) is 4.11. The summed E-state index contributed by atoms with van der Waals surface area (Å²) in [5.74, 6) is -2.44. The van der Waals surface area contributed by atoms with Crippen molar-refractivity contribution < 1.29 is 13.5 Å². The van der Waals surface area contributed by atoms with E-state index in [4.69, 9.17) is 10.00 Å². The highest BCUT2D eigenvalue weighted by Gasteiger charge is 2.15. The van der Waals surface area contributed by atoms with Gasteiger partial charge in [-0.2, -0.15) is 9.65 Å². The highest BCUT2D eigenvalue weighted by Crippen LogP contribution is 2.25. The maximum absolute atomic E-state index is 13.2. The first-order valence-corrected chi connectivity index (χ1v) is 4.11. The van der Waals surface area contributed by atoms with Gasteiger partial charge in [-0.05, 0) is 26.0 Å². The second-order valence-electron chi connectivity index (χ2n) is 3.02. The molecule has 0 atom stereocenters. The van der Waals surface area contributed by atoms with Crippen LogP contribution in [-0.4, -0.2) is 6.10 Å². The van der Waals surface area contributed by atoms with Crippen LogP contribution in [0.3, 0.4) is 0 Å². The van der Waals surface area contributed by atoms with Gasteiger partial charge in [0.25, 0.3) is 0 Å². The summed E-state index contributed by atoms with van der Waals surface area (Å²) in [5, 5.41) is 8.63. The number of nitrogens with zero attached hydrogens (tertiary/aromatic N) is 1. The van der Waals surface area contributed by atoms with E-state index in [1.807, 2.05) is 0 Å². The van der Waals surface area contributed by atoms with Crippen molar-refractivity contribution in [3.63, 3.8) is 0 Å². The Kier molecular flexibility index (Phi) is 3.03. The van der Waals surface area contributed by atoms with E-state index in [2.05, 4.69) is 0 Å². The van der Waals surface area contributed by atoms with Crippen LogP contribution >= 0.6 is 0 Å². The van der Waals surface area contributed by atoms with Gasteiger partial charge in [-0.15, -0.1) is 0 Å². The minimum Gasteiger partial charge on any atom is -0.486 e. The summed E-state index contributed by atoms with van der Waals surface area (Å²) >= 11 is 0. The van der Waals surface area contributed by atoms with Crippen molar-refractivity contribution in [2.24, 2.45) is 0 Å². The maximum atomic E-state index is 13.2. The minimum absolute atomic E-state index is 0.00222. The third kappa shape index (κ3) is 1.99. The molecule has 0 spiro atoms. The van der Waals surface area contributed by atoms with Crippen LogP contribution in [0, 0.1) is 23.0 Å². The van der Waals surface area contributed by atoms with Crippen LogP contribution in [0.4, 0.5) is 8.78 Å². The van der Waals surface area contributed by atoms with Gasteiger partial charge in [0.2, 0.25) is 5.82 Å². The summed E-state index contributed by atoms with van der Waals surface area (Å²) in [5.41, 5.74) is -0.00222. The fraction of sp³-hybridized carbons (Fsp3) is 0.300. The molecule has 0 heterocycles. The van der Waals surface area contributed by atoms with E-state index in [-0.39, 0.29) is 17.4 Å². The van der Waals surface area contributed by atoms with Gasteiger partial charge in [-0.1, -0.05) is 0 Å². The van der Waals surface area contributed by atoms with Gasteiger partial charge in [-0.25, -0.2) is 4.39 Å². The van der Waals surface area contributed by atoms with E-state index in [9.17, 15) is 8.78 Å². The smallest absolute Gasteiger partial charge is 0.202 e. The SMILES string of the molecule is CC(C)Oc1c(C#N)ccc(F)c1F. The molecule has 0 unspecified atom stereocenters. The van der Waals surface area contributed by atoms with Crippen molar-refractivity contribution in [3.8, 4) is 11.8 Å². The summed E-state index contributed by atoms with van der Waals surface area (Å²) in [6, 6.07) is 3.83. The molecule has 0 bridgehead atoms. The van der Waals surface area contributed by atoms with Gasteiger partial charge in [-0.3, -0.25) is 0 Å². The second-order valence-corrected chi connectivity index (χ2v) is 3.02. The molecule has 0 aliphatic heterocycles. The lowest BCUT2D eigenvalue weighted by Crippen LogP contribution is -2.09. The van der Waals surface area contributed by atoms with Crippen LogP contribution in [0.15, 0.2) is 12.1 Å². The maximum Gasteiger partial charge on any atom is 0.202 e. The zero-order chi connectivity index (χ0) is 10.7. The first-order chi connectivity index (χ1) is 6.56. The fourth-order valence-corrected chi connectivity index (χ4v) is 0.971. The Morgan fingerprint density at radius 3 is 2.50 bits per heavy atom. The summed E-state index contributed by atoms with van der Waals surface area (Å²) in [6.45, 7) is 3.34. The summed E-state index contributed by atoms with van der Waals surface area (Å²) < 4.78 is 31.0. The van der Waals surface area contributed by atoms with E-state index in [1.165, 1.54) is 6.07 Å². The van der Waals surface area contributed by atoms with E-state index in [0.717, 1.165) is 6.07 Å². The topological polar surface area (TPSA) is 33.0 Å². The molecule has 1 rings (SSSR count). The molecule has 0 fully saturated rings. The zero-order valence-corrected chi connectivity index (χ0v) is 7.84. The summed E-state index contributed by atoms with van der Waals surface area (Å²) in [7, 11) is 0. The molecule has 0 radical (unpaired) electrons. The lowest BCUT2D eigenvalue weighted by molar-refractivity contribution is 0.227. The molecular formula is C10H9F2NO. The number of hydrogen-bond acceptors (Lipinski definition) is 2. The van der Waals surface area contributed by atoms with Crippen molar-refractivity contribution in [1.82, 2.24) is 0 Å². The van der Waals surface area contributed by atoms with E-state index in [1.54, 1.807) is 19.9 Å². The predicted molar refractivity (Wildman–Crippen MR) is 46.8 cm³/mol. The van der Waals surface area contributed by atoms with Gasteiger partial charge in [0, 0.05) is 0 Å².